The minimum atomic E-state index is -0.115. The molecule has 3 nitrogen and oxygen atoms in total. The third-order valence-electron chi connectivity index (χ3n) is 3.18. The molecule has 0 saturated heterocycles. The number of nitrogens with one attached hydrogen (secondary N) is 1. The van der Waals surface area contributed by atoms with E-state index in [9.17, 15) is 4.79 Å². The topological polar surface area (TPSA) is 49.3 Å². The molecule has 1 unspecified atom stereocenters. The molecule has 3 heteroatoms. The normalized spacial score (nSPS) is 12.9. The highest BCUT2D eigenvalue weighted by Crippen LogP contribution is 2.09. The molecular formula is C16H23NO2. The number of benzene rings is 1. The molecule has 1 aromatic rings. The lowest BCUT2D eigenvalue weighted by molar-refractivity contribution is -0.117. The average Bonchev–Trinajstić information content (AvgIpc) is 2.37. The van der Waals surface area contributed by atoms with Crippen molar-refractivity contribution in [3.05, 3.63) is 41.5 Å². The molecule has 0 bridgehead atoms. The van der Waals surface area contributed by atoms with Gasteiger partial charge in [-0.05, 0) is 36.5 Å². The molecule has 19 heavy (non-hydrogen) atoms. The Kier molecular flexibility index (Phi) is 6.30. The summed E-state index contributed by atoms with van der Waals surface area (Å²) in [5.74, 6) is 0.193. The fraction of sp³-hybridized carbons (Fsp3) is 0.438. The van der Waals surface area contributed by atoms with Crippen molar-refractivity contribution in [3.63, 3.8) is 0 Å². The van der Waals surface area contributed by atoms with E-state index in [-0.39, 0.29) is 18.6 Å². The van der Waals surface area contributed by atoms with E-state index >= 15 is 0 Å². The van der Waals surface area contributed by atoms with E-state index in [1.54, 1.807) is 6.08 Å². The molecule has 0 heterocycles. The molecular weight excluding hydrogens is 238 g/mol. The number of hydrogen-bond acceptors (Lipinski definition) is 2. The summed E-state index contributed by atoms with van der Waals surface area (Å²) in [7, 11) is 0. The highest BCUT2D eigenvalue weighted by Gasteiger charge is 2.13. The van der Waals surface area contributed by atoms with Gasteiger partial charge in [-0.25, -0.2) is 0 Å². The van der Waals surface area contributed by atoms with Crippen LogP contribution in [0.3, 0.4) is 0 Å². The lowest BCUT2D eigenvalue weighted by atomic mass is 10.0. The van der Waals surface area contributed by atoms with Crippen molar-refractivity contribution in [1.82, 2.24) is 5.32 Å². The van der Waals surface area contributed by atoms with Gasteiger partial charge in [0.15, 0.2) is 0 Å². The van der Waals surface area contributed by atoms with E-state index in [0.717, 1.165) is 11.1 Å². The maximum atomic E-state index is 11.8. The van der Waals surface area contributed by atoms with Crippen molar-refractivity contribution in [3.8, 4) is 0 Å². The van der Waals surface area contributed by atoms with Gasteiger partial charge in [0.25, 0.3) is 0 Å². The van der Waals surface area contributed by atoms with E-state index < -0.39 is 0 Å². The minimum absolute atomic E-state index is 0.0130. The number of hydrogen-bond donors (Lipinski definition) is 2. The van der Waals surface area contributed by atoms with Crippen LogP contribution in [0.15, 0.2) is 30.3 Å². The zero-order chi connectivity index (χ0) is 14.3. The fourth-order valence-electron chi connectivity index (χ4n) is 1.88. The van der Waals surface area contributed by atoms with Gasteiger partial charge in [0.2, 0.25) is 5.91 Å². The van der Waals surface area contributed by atoms with Gasteiger partial charge in [-0.15, -0.1) is 0 Å². The number of rotatable bonds is 6. The summed E-state index contributed by atoms with van der Waals surface area (Å²) in [4.78, 5) is 11.8. The van der Waals surface area contributed by atoms with Gasteiger partial charge in [-0.2, -0.15) is 0 Å². The number of carbonyl (C=O) groups excluding carboxylic acids is 1. The molecule has 0 fully saturated rings. The van der Waals surface area contributed by atoms with Gasteiger partial charge in [-0.1, -0.05) is 38.1 Å². The molecule has 1 rings (SSSR count). The smallest absolute Gasteiger partial charge is 0.244 e. The predicted octanol–water partition coefficient (Wildman–Crippen LogP) is 2.53. The van der Waals surface area contributed by atoms with Crippen LogP contribution in [0.25, 0.3) is 6.08 Å². The van der Waals surface area contributed by atoms with Crippen LogP contribution < -0.4 is 5.32 Å². The zero-order valence-corrected chi connectivity index (χ0v) is 11.9. The SMILES string of the molecule is Cc1ccccc1/C=C/C(=O)NC(CCO)C(C)C. The molecule has 1 atom stereocenters. The third kappa shape index (κ3) is 5.26. The van der Waals surface area contributed by atoms with Crippen LogP contribution in [0.1, 0.15) is 31.4 Å². The van der Waals surface area contributed by atoms with Crippen molar-refractivity contribution >= 4 is 12.0 Å². The van der Waals surface area contributed by atoms with Gasteiger partial charge >= 0.3 is 0 Å². The number of amides is 1. The average molecular weight is 261 g/mol. The van der Waals surface area contributed by atoms with Crippen LogP contribution >= 0.6 is 0 Å². The monoisotopic (exact) mass is 261 g/mol. The van der Waals surface area contributed by atoms with E-state index in [4.69, 9.17) is 5.11 Å². The van der Waals surface area contributed by atoms with Crippen LogP contribution in [-0.2, 0) is 4.79 Å². The molecule has 0 radical (unpaired) electrons. The lowest BCUT2D eigenvalue weighted by Gasteiger charge is -2.20. The Hall–Kier alpha value is -1.61. The quantitative estimate of drug-likeness (QED) is 0.773. The maximum absolute atomic E-state index is 11.8. The Bertz CT molecular complexity index is 438. The van der Waals surface area contributed by atoms with Crippen molar-refractivity contribution in [2.75, 3.05) is 6.61 Å². The summed E-state index contributed by atoms with van der Waals surface area (Å²) >= 11 is 0. The summed E-state index contributed by atoms with van der Waals surface area (Å²) in [6.45, 7) is 6.17. The summed E-state index contributed by atoms with van der Waals surface area (Å²) < 4.78 is 0. The highest BCUT2D eigenvalue weighted by atomic mass is 16.3. The Morgan fingerprint density at radius 1 is 1.37 bits per heavy atom. The van der Waals surface area contributed by atoms with Crippen LogP contribution in [-0.4, -0.2) is 23.7 Å². The van der Waals surface area contributed by atoms with Crippen molar-refractivity contribution < 1.29 is 9.90 Å². The molecule has 0 saturated carbocycles. The first-order valence-corrected chi connectivity index (χ1v) is 6.69. The molecule has 0 aliphatic heterocycles. The molecule has 0 aliphatic carbocycles. The molecule has 0 aromatic heterocycles. The Balaban J connectivity index is 2.62. The van der Waals surface area contributed by atoms with Gasteiger partial charge in [-0.3, -0.25) is 4.79 Å². The zero-order valence-electron chi connectivity index (χ0n) is 11.9. The Labute approximate surface area is 115 Å². The summed E-state index contributed by atoms with van der Waals surface area (Å²) in [5.41, 5.74) is 2.18. The Morgan fingerprint density at radius 3 is 2.63 bits per heavy atom. The highest BCUT2D eigenvalue weighted by molar-refractivity contribution is 5.92. The third-order valence-corrected chi connectivity index (χ3v) is 3.18. The van der Waals surface area contributed by atoms with Gasteiger partial charge in [0, 0.05) is 18.7 Å². The largest absolute Gasteiger partial charge is 0.396 e. The predicted molar refractivity (Wildman–Crippen MR) is 78.7 cm³/mol. The number of aryl methyl sites for hydroxylation is 1. The molecule has 104 valence electrons. The summed E-state index contributed by atoms with van der Waals surface area (Å²) in [6, 6.07) is 7.93. The first-order valence-electron chi connectivity index (χ1n) is 6.69. The van der Waals surface area contributed by atoms with Gasteiger partial charge < -0.3 is 10.4 Å². The molecule has 0 aliphatic rings. The second kappa shape index (κ2) is 7.74. The fourth-order valence-corrected chi connectivity index (χ4v) is 1.88. The van der Waals surface area contributed by atoms with Crippen molar-refractivity contribution in [2.45, 2.75) is 33.2 Å². The molecule has 1 amide bonds. The number of aliphatic hydroxyl groups excluding tert-OH is 1. The second-order valence-corrected chi connectivity index (χ2v) is 5.06. The van der Waals surface area contributed by atoms with E-state index in [2.05, 4.69) is 5.32 Å². The first kappa shape index (κ1) is 15.4. The maximum Gasteiger partial charge on any atom is 0.244 e. The lowest BCUT2D eigenvalue weighted by Crippen LogP contribution is -2.38. The summed E-state index contributed by atoms with van der Waals surface area (Å²) in [6.07, 6.45) is 3.96. The van der Waals surface area contributed by atoms with Crippen molar-refractivity contribution in [1.29, 1.82) is 0 Å². The number of carbonyl (C=O) groups is 1. The van der Waals surface area contributed by atoms with Gasteiger partial charge in [0.05, 0.1) is 0 Å². The van der Waals surface area contributed by atoms with Crippen LogP contribution in [0.4, 0.5) is 0 Å². The van der Waals surface area contributed by atoms with Crippen LogP contribution in [0.5, 0.6) is 0 Å². The van der Waals surface area contributed by atoms with Crippen LogP contribution in [0.2, 0.25) is 0 Å². The van der Waals surface area contributed by atoms with E-state index in [0.29, 0.717) is 12.3 Å². The Morgan fingerprint density at radius 2 is 2.05 bits per heavy atom. The second-order valence-electron chi connectivity index (χ2n) is 5.06. The first-order chi connectivity index (χ1) is 9.04. The molecule has 0 spiro atoms. The summed E-state index contributed by atoms with van der Waals surface area (Å²) in [5, 5.41) is 11.9. The van der Waals surface area contributed by atoms with E-state index in [1.165, 1.54) is 0 Å². The number of aliphatic hydroxyl groups is 1. The minimum Gasteiger partial charge on any atom is -0.396 e. The molecule has 2 N–H and O–H groups in total. The van der Waals surface area contributed by atoms with Gasteiger partial charge in [0.1, 0.15) is 0 Å². The van der Waals surface area contributed by atoms with Crippen LogP contribution in [0, 0.1) is 12.8 Å². The van der Waals surface area contributed by atoms with E-state index in [1.807, 2.05) is 51.1 Å². The standard InChI is InChI=1S/C16H23NO2/c1-12(2)15(10-11-18)17-16(19)9-8-14-7-5-4-6-13(14)3/h4-9,12,15,18H,10-11H2,1-3H3,(H,17,19)/b9-8+. The van der Waals surface area contributed by atoms with Crippen molar-refractivity contribution in [2.24, 2.45) is 5.92 Å². The molecule has 1 aromatic carbocycles.